The van der Waals surface area contributed by atoms with Crippen LogP contribution in [-0.2, 0) is 16.6 Å². The summed E-state index contributed by atoms with van der Waals surface area (Å²) in [6.45, 7) is 0. The number of Topliss-reactive ketones (excluding diaryl/α,β-unsaturated/α-hetero) is 1. The lowest BCUT2D eigenvalue weighted by atomic mass is 10.1. The van der Waals surface area contributed by atoms with Crippen molar-refractivity contribution in [3.05, 3.63) is 68.7 Å². The van der Waals surface area contributed by atoms with Crippen LogP contribution in [0.25, 0.3) is 0 Å². The quantitative estimate of drug-likeness (QED) is 0.718. The average molecular weight is 362 g/mol. The number of ketones is 1. The molecular weight excluding hydrogens is 351 g/mol. The highest BCUT2D eigenvalue weighted by Crippen LogP contribution is 2.22. The van der Waals surface area contributed by atoms with Gasteiger partial charge >= 0.3 is 0 Å². The van der Waals surface area contributed by atoms with Crippen LogP contribution in [-0.4, -0.2) is 15.7 Å². The number of halogens is 3. The zero-order valence-corrected chi connectivity index (χ0v) is 13.9. The lowest BCUT2D eigenvalue weighted by Crippen LogP contribution is -2.13. The molecule has 2 aromatic rings. The fraction of sp³-hybridized carbons (Fsp3) is 0.133. The highest BCUT2D eigenvalue weighted by atomic mass is 35.5. The summed E-state index contributed by atoms with van der Waals surface area (Å²) in [5.74, 6) is -0.148. The molecule has 0 saturated carbocycles. The largest absolute Gasteiger partial charge is 0.293 e. The maximum Gasteiger partial charge on any atom is 0.176 e. The minimum Gasteiger partial charge on any atom is -0.293 e. The second kappa shape index (κ2) is 7.41. The summed E-state index contributed by atoms with van der Waals surface area (Å²) in [4.78, 5) is 12.1. The highest BCUT2D eigenvalue weighted by Gasteiger charge is 2.15. The van der Waals surface area contributed by atoms with Gasteiger partial charge in [0.2, 0.25) is 0 Å². The first-order valence-corrected chi connectivity index (χ1v) is 8.66. The van der Waals surface area contributed by atoms with Gasteiger partial charge in [-0.15, -0.1) is 0 Å². The Balaban J connectivity index is 2.06. The van der Waals surface area contributed by atoms with Gasteiger partial charge in [-0.05, 0) is 29.8 Å². The van der Waals surface area contributed by atoms with Gasteiger partial charge in [0.05, 0.1) is 16.5 Å². The van der Waals surface area contributed by atoms with Gasteiger partial charge in [-0.25, -0.2) is 0 Å². The monoisotopic (exact) mass is 360 g/mol. The molecule has 0 heterocycles. The SMILES string of the molecule is O=C(CS(=O)Cc1ccccc1Cl)c1ccc(Cl)cc1Cl. The molecule has 2 nitrogen and oxygen atoms in total. The molecule has 0 spiro atoms. The van der Waals surface area contributed by atoms with E-state index in [1.54, 1.807) is 30.3 Å². The van der Waals surface area contributed by atoms with Crippen LogP contribution < -0.4 is 0 Å². The van der Waals surface area contributed by atoms with E-state index in [9.17, 15) is 9.00 Å². The molecule has 0 amide bonds. The van der Waals surface area contributed by atoms with Crippen LogP contribution in [0.3, 0.4) is 0 Å². The Morgan fingerprint density at radius 2 is 1.71 bits per heavy atom. The molecule has 6 heteroatoms. The van der Waals surface area contributed by atoms with Crippen molar-refractivity contribution in [2.75, 3.05) is 5.75 Å². The van der Waals surface area contributed by atoms with Gasteiger partial charge in [-0.1, -0.05) is 53.0 Å². The van der Waals surface area contributed by atoms with Crippen LogP contribution in [0.15, 0.2) is 42.5 Å². The maximum atomic E-state index is 12.1. The molecule has 2 aromatic carbocycles. The third-order valence-electron chi connectivity index (χ3n) is 2.80. The van der Waals surface area contributed by atoms with E-state index in [1.807, 2.05) is 6.07 Å². The summed E-state index contributed by atoms with van der Waals surface area (Å²) in [5.41, 5.74) is 1.08. The lowest BCUT2D eigenvalue weighted by Gasteiger charge is -2.06. The first-order chi connectivity index (χ1) is 9.97. The zero-order valence-electron chi connectivity index (χ0n) is 10.8. The van der Waals surface area contributed by atoms with E-state index in [1.165, 1.54) is 6.07 Å². The van der Waals surface area contributed by atoms with E-state index >= 15 is 0 Å². The summed E-state index contributed by atoms with van der Waals surface area (Å²) < 4.78 is 12.1. The van der Waals surface area contributed by atoms with Crippen molar-refractivity contribution in [1.29, 1.82) is 0 Å². The van der Waals surface area contributed by atoms with Crippen LogP contribution in [0.2, 0.25) is 15.1 Å². The molecule has 110 valence electrons. The second-order valence-corrected chi connectivity index (χ2v) is 7.08. The predicted molar refractivity (Wildman–Crippen MR) is 89.0 cm³/mol. The van der Waals surface area contributed by atoms with E-state index < -0.39 is 10.8 Å². The van der Waals surface area contributed by atoms with Crippen LogP contribution >= 0.6 is 34.8 Å². The van der Waals surface area contributed by atoms with Crippen molar-refractivity contribution >= 4 is 51.4 Å². The first-order valence-electron chi connectivity index (χ1n) is 6.04. The number of hydrogen-bond donors (Lipinski definition) is 0. The summed E-state index contributed by atoms with van der Waals surface area (Å²) in [6.07, 6.45) is 0. The Hall–Kier alpha value is -0.870. The Morgan fingerprint density at radius 1 is 1.00 bits per heavy atom. The smallest absolute Gasteiger partial charge is 0.176 e. The molecule has 0 saturated heterocycles. The molecule has 0 fully saturated rings. The summed E-state index contributed by atoms with van der Waals surface area (Å²) >= 11 is 17.8. The van der Waals surface area contributed by atoms with Crippen molar-refractivity contribution in [1.82, 2.24) is 0 Å². The molecule has 0 aliphatic heterocycles. The van der Waals surface area contributed by atoms with Crippen molar-refractivity contribution in [2.24, 2.45) is 0 Å². The Labute approximate surface area is 140 Å². The van der Waals surface area contributed by atoms with Gasteiger partial charge in [-0.3, -0.25) is 9.00 Å². The van der Waals surface area contributed by atoms with Gasteiger partial charge in [0.1, 0.15) is 0 Å². The summed E-state index contributed by atoms with van der Waals surface area (Å²) in [7, 11) is -1.35. The highest BCUT2D eigenvalue weighted by molar-refractivity contribution is 7.85. The molecule has 2 rings (SSSR count). The van der Waals surface area contributed by atoms with Gasteiger partial charge in [0.25, 0.3) is 0 Å². The van der Waals surface area contributed by atoms with Crippen LogP contribution in [0.5, 0.6) is 0 Å². The fourth-order valence-corrected chi connectivity index (χ4v) is 3.72. The van der Waals surface area contributed by atoms with Crippen molar-refractivity contribution in [3.8, 4) is 0 Å². The Bertz CT molecular complexity index is 701. The minimum absolute atomic E-state index is 0.105. The normalized spacial score (nSPS) is 12.1. The molecule has 1 atom stereocenters. The molecule has 0 aromatic heterocycles. The number of benzene rings is 2. The molecular formula is C15H11Cl3O2S. The first kappa shape index (κ1) is 16.5. The van der Waals surface area contributed by atoms with Crippen LogP contribution in [0.1, 0.15) is 15.9 Å². The summed E-state index contributed by atoms with van der Waals surface area (Å²) in [6, 6.07) is 11.8. The van der Waals surface area contributed by atoms with E-state index in [0.717, 1.165) is 5.56 Å². The maximum absolute atomic E-state index is 12.1. The topological polar surface area (TPSA) is 34.1 Å². The van der Waals surface area contributed by atoms with Crippen molar-refractivity contribution in [3.63, 3.8) is 0 Å². The van der Waals surface area contributed by atoms with Crippen LogP contribution in [0.4, 0.5) is 0 Å². The second-order valence-electron chi connectivity index (χ2n) is 4.37. The number of hydrogen-bond acceptors (Lipinski definition) is 2. The predicted octanol–water partition coefficient (Wildman–Crippen LogP) is 4.78. The molecule has 0 N–H and O–H groups in total. The number of rotatable bonds is 5. The third kappa shape index (κ3) is 4.55. The van der Waals surface area contributed by atoms with E-state index in [2.05, 4.69) is 0 Å². The van der Waals surface area contributed by atoms with E-state index in [0.29, 0.717) is 15.6 Å². The minimum atomic E-state index is -1.35. The fourth-order valence-electron chi connectivity index (χ4n) is 1.78. The van der Waals surface area contributed by atoms with Crippen molar-refractivity contribution in [2.45, 2.75) is 5.75 Å². The molecule has 21 heavy (non-hydrogen) atoms. The molecule has 0 bridgehead atoms. The number of carbonyl (C=O) groups excluding carboxylic acids is 1. The Kier molecular flexibility index (Phi) is 5.82. The molecule has 0 radical (unpaired) electrons. The van der Waals surface area contributed by atoms with Crippen molar-refractivity contribution < 1.29 is 9.00 Å². The Morgan fingerprint density at radius 3 is 2.38 bits per heavy atom. The standard InChI is InChI=1S/C15H11Cl3O2S/c16-11-5-6-12(14(18)7-11)15(19)9-21(20)8-10-3-1-2-4-13(10)17/h1-7H,8-9H2. The van der Waals surface area contributed by atoms with E-state index in [-0.39, 0.29) is 22.3 Å². The molecule has 0 aliphatic rings. The van der Waals surface area contributed by atoms with Gasteiger partial charge in [0.15, 0.2) is 5.78 Å². The third-order valence-corrected chi connectivity index (χ3v) is 4.93. The summed E-state index contributed by atoms with van der Waals surface area (Å²) in [5, 5.41) is 1.26. The zero-order chi connectivity index (χ0) is 15.4. The number of carbonyl (C=O) groups is 1. The van der Waals surface area contributed by atoms with E-state index in [4.69, 9.17) is 34.8 Å². The van der Waals surface area contributed by atoms with Gasteiger partial charge in [0, 0.05) is 26.4 Å². The lowest BCUT2D eigenvalue weighted by molar-refractivity contribution is 0.102. The van der Waals surface area contributed by atoms with Crippen LogP contribution in [0, 0.1) is 0 Å². The molecule has 1 unspecified atom stereocenters. The molecule has 0 aliphatic carbocycles. The van der Waals surface area contributed by atoms with Gasteiger partial charge < -0.3 is 0 Å². The van der Waals surface area contributed by atoms with Gasteiger partial charge in [-0.2, -0.15) is 0 Å². The average Bonchev–Trinajstić information content (AvgIpc) is 2.41.